The Morgan fingerprint density at radius 3 is 2.70 bits per heavy atom. The highest BCUT2D eigenvalue weighted by Crippen LogP contribution is 2.43. The quantitative estimate of drug-likeness (QED) is 0.627. The Bertz CT molecular complexity index is 1250. The van der Waals surface area contributed by atoms with Gasteiger partial charge in [-0.3, -0.25) is 9.59 Å². The molecule has 196 valence electrons. The molecule has 2 fully saturated rings. The molecule has 2 aromatic rings. The number of nitrogens with zero attached hydrogens (tertiary/aromatic N) is 4. The number of methoxy groups -OCH3 is 1. The summed E-state index contributed by atoms with van der Waals surface area (Å²) in [5, 5.41) is 10.4. The van der Waals surface area contributed by atoms with Crippen LogP contribution in [0.2, 0.25) is 0 Å². The van der Waals surface area contributed by atoms with Gasteiger partial charge in [0, 0.05) is 39.3 Å². The Morgan fingerprint density at radius 2 is 2.03 bits per heavy atom. The Labute approximate surface area is 212 Å². The maximum Gasteiger partial charge on any atom is 0.262 e. The number of phenolic OH excluding ortho intramolecular Hbond substituents is 1. The lowest BCUT2D eigenvalue weighted by molar-refractivity contribution is -0.128. The molecule has 2 amide bonds. The molecule has 37 heavy (non-hydrogen) atoms. The fourth-order valence-corrected chi connectivity index (χ4v) is 5.34. The zero-order valence-electron chi connectivity index (χ0n) is 20.6. The number of hydrogen-bond acceptors (Lipinski definition) is 7. The van der Waals surface area contributed by atoms with E-state index in [4.69, 9.17) is 9.47 Å². The Morgan fingerprint density at radius 1 is 1.24 bits per heavy atom. The fraction of sp³-hybridized carbons (Fsp3) is 0.423. The van der Waals surface area contributed by atoms with Crippen molar-refractivity contribution in [1.29, 1.82) is 0 Å². The van der Waals surface area contributed by atoms with Crippen LogP contribution >= 0.6 is 0 Å². The zero-order chi connectivity index (χ0) is 26.4. The minimum atomic E-state index is -1.04. The second kappa shape index (κ2) is 9.62. The molecule has 0 saturated carbocycles. The van der Waals surface area contributed by atoms with E-state index in [9.17, 15) is 19.1 Å². The molecular formula is C26H28F2N4O5. The molecule has 0 radical (unpaired) electrons. The number of fused-ring (bicyclic) bond motifs is 2. The van der Waals surface area contributed by atoms with Crippen LogP contribution in [0.25, 0.3) is 11.3 Å². The minimum absolute atomic E-state index is 0.0633. The number of hydrogen-bond donors (Lipinski definition) is 1. The summed E-state index contributed by atoms with van der Waals surface area (Å²) in [5.74, 6) is -3.36. The highest BCUT2D eigenvalue weighted by Gasteiger charge is 2.43. The first kappa shape index (κ1) is 24.9. The van der Waals surface area contributed by atoms with Gasteiger partial charge >= 0.3 is 0 Å². The molecule has 2 saturated heterocycles. The summed E-state index contributed by atoms with van der Waals surface area (Å²) >= 11 is 0. The van der Waals surface area contributed by atoms with Gasteiger partial charge in [-0.25, -0.2) is 13.8 Å². The third kappa shape index (κ3) is 4.16. The molecule has 3 atom stereocenters. The van der Waals surface area contributed by atoms with Crippen LogP contribution in [0.3, 0.4) is 0 Å². The predicted octanol–water partition coefficient (Wildman–Crippen LogP) is 2.58. The molecule has 3 aliphatic rings. The predicted molar refractivity (Wildman–Crippen MR) is 131 cm³/mol. The second-order valence-corrected chi connectivity index (χ2v) is 9.48. The van der Waals surface area contributed by atoms with E-state index in [2.05, 4.69) is 11.6 Å². The molecule has 5 rings (SSSR count). The van der Waals surface area contributed by atoms with Gasteiger partial charge < -0.3 is 29.3 Å². The molecule has 11 heteroatoms. The van der Waals surface area contributed by atoms with Crippen LogP contribution in [-0.4, -0.2) is 89.8 Å². The number of aromatic hydroxyl groups is 1. The summed E-state index contributed by atoms with van der Waals surface area (Å²) in [6.45, 7) is 6.45. The molecule has 1 aromatic heterocycles. The number of ether oxygens (including phenoxy) is 2. The van der Waals surface area contributed by atoms with E-state index in [1.54, 1.807) is 16.9 Å². The smallest absolute Gasteiger partial charge is 0.262 e. The first-order chi connectivity index (χ1) is 17.7. The molecule has 0 unspecified atom stereocenters. The number of pyridine rings is 1. The van der Waals surface area contributed by atoms with Gasteiger partial charge in [-0.15, -0.1) is 0 Å². The molecular weight excluding hydrogens is 486 g/mol. The van der Waals surface area contributed by atoms with Crippen molar-refractivity contribution in [3.8, 4) is 22.8 Å². The highest BCUT2D eigenvalue weighted by molar-refractivity contribution is 6.03. The summed E-state index contributed by atoms with van der Waals surface area (Å²) in [6, 6.07) is 2.98. The number of aromatic nitrogens is 1. The van der Waals surface area contributed by atoms with Gasteiger partial charge in [0.05, 0.1) is 17.7 Å². The van der Waals surface area contributed by atoms with E-state index < -0.39 is 40.6 Å². The number of amides is 2. The lowest BCUT2D eigenvalue weighted by atomic mass is 10.0. The minimum Gasteiger partial charge on any atom is -0.507 e. The van der Waals surface area contributed by atoms with Gasteiger partial charge in [0.15, 0.2) is 11.6 Å². The number of halogens is 2. The van der Waals surface area contributed by atoms with Crippen LogP contribution in [-0.2, 0) is 9.53 Å². The van der Waals surface area contributed by atoms with Crippen molar-refractivity contribution >= 4 is 17.6 Å². The van der Waals surface area contributed by atoms with Gasteiger partial charge in [-0.05, 0) is 31.6 Å². The van der Waals surface area contributed by atoms with Gasteiger partial charge in [0.2, 0.25) is 5.91 Å². The molecule has 3 aliphatic heterocycles. The maximum absolute atomic E-state index is 16.0. The van der Waals surface area contributed by atoms with Gasteiger partial charge in [-0.1, -0.05) is 12.6 Å². The largest absolute Gasteiger partial charge is 0.507 e. The van der Waals surface area contributed by atoms with Crippen molar-refractivity contribution < 1.29 is 33.0 Å². The van der Waals surface area contributed by atoms with Crippen molar-refractivity contribution in [1.82, 2.24) is 14.8 Å². The molecule has 1 aromatic carbocycles. The van der Waals surface area contributed by atoms with Crippen molar-refractivity contribution in [3.63, 3.8) is 0 Å². The third-order valence-electron chi connectivity index (χ3n) is 7.31. The topological polar surface area (TPSA) is 95.4 Å². The van der Waals surface area contributed by atoms with Crippen molar-refractivity contribution in [3.05, 3.63) is 48.1 Å². The van der Waals surface area contributed by atoms with E-state index in [1.165, 1.54) is 18.2 Å². The number of benzene rings is 1. The van der Waals surface area contributed by atoms with Crippen LogP contribution in [0.1, 0.15) is 23.7 Å². The lowest BCUT2D eigenvalue weighted by Crippen LogP contribution is -2.57. The van der Waals surface area contributed by atoms with Crippen molar-refractivity contribution in [2.75, 3.05) is 44.8 Å². The Kier molecular flexibility index (Phi) is 6.49. The van der Waals surface area contributed by atoms with E-state index in [1.807, 2.05) is 11.8 Å². The van der Waals surface area contributed by atoms with Crippen LogP contribution in [0.15, 0.2) is 30.9 Å². The number of carbonyl (C=O) groups excluding carboxylic acids is 2. The molecule has 0 aliphatic carbocycles. The maximum atomic E-state index is 16.0. The van der Waals surface area contributed by atoms with E-state index in [0.717, 1.165) is 6.07 Å². The average molecular weight is 515 g/mol. The SMILES string of the molecule is C=CC(=O)N1CCN2C(=O)c3c(N4C[C@@H](OC)C[C@@H]4C)nc(-c4c(O)cccc4F)c(F)c3OC[C@H]2C1. The van der Waals surface area contributed by atoms with Crippen LogP contribution in [0.5, 0.6) is 11.5 Å². The molecule has 0 bridgehead atoms. The lowest BCUT2D eigenvalue weighted by Gasteiger charge is -2.39. The molecule has 9 nitrogen and oxygen atoms in total. The van der Waals surface area contributed by atoms with E-state index in [-0.39, 0.29) is 54.9 Å². The van der Waals surface area contributed by atoms with Crippen LogP contribution < -0.4 is 9.64 Å². The highest BCUT2D eigenvalue weighted by atomic mass is 19.1. The first-order valence-electron chi connectivity index (χ1n) is 12.1. The van der Waals surface area contributed by atoms with Gasteiger partial charge in [0.25, 0.3) is 5.91 Å². The number of carbonyl (C=O) groups is 2. The standard InChI is InChI=1S/C26H28F2N4O5/c1-4-19(34)30-8-9-31-15(11-30)13-37-24-21(26(31)35)25(32-12-16(36-3)10-14(32)2)29-23(22(24)28)20-17(27)6-5-7-18(20)33/h4-7,14-16,33H,1,8-13H2,2-3H3/t14-,15+,16-/m0/s1. The van der Waals surface area contributed by atoms with Crippen LogP contribution in [0, 0.1) is 11.6 Å². The molecule has 4 heterocycles. The normalized spacial score (nSPS) is 23.3. The zero-order valence-corrected chi connectivity index (χ0v) is 20.6. The Hall–Kier alpha value is -3.73. The summed E-state index contributed by atoms with van der Waals surface area (Å²) in [4.78, 5) is 35.5. The van der Waals surface area contributed by atoms with Crippen molar-refractivity contribution in [2.24, 2.45) is 0 Å². The van der Waals surface area contributed by atoms with Crippen LogP contribution in [0.4, 0.5) is 14.6 Å². The summed E-state index contributed by atoms with van der Waals surface area (Å²) in [5.41, 5.74) is -0.930. The monoisotopic (exact) mass is 514 g/mol. The molecule has 1 N–H and O–H groups in total. The van der Waals surface area contributed by atoms with E-state index in [0.29, 0.717) is 19.5 Å². The summed E-state index contributed by atoms with van der Waals surface area (Å²) in [7, 11) is 1.59. The van der Waals surface area contributed by atoms with Crippen molar-refractivity contribution in [2.45, 2.75) is 31.5 Å². The number of phenols is 1. The number of piperazine rings is 1. The first-order valence-corrected chi connectivity index (χ1v) is 12.1. The van der Waals surface area contributed by atoms with Gasteiger partial charge in [-0.2, -0.15) is 0 Å². The van der Waals surface area contributed by atoms with E-state index >= 15 is 4.39 Å². The summed E-state index contributed by atoms with van der Waals surface area (Å²) < 4.78 is 42.3. The van der Waals surface area contributed by atoms with Gasteiger partial charge in [0.1, 0.15) is 35.2 Å². The average Bonchev–Trinajstić information content (AvgIpc) is 3.20. The number of anilines is 1. The Balaban J connectivity index is 1.67. The third-order valence-corrected chi connectivity index (χ3v) is 7.31. The number of rotatable bonds is 4. The molecule has 0 spiro atoms. The second-order valence-electron chi connectivity index (χ2n) is 9.48. The fourth-order valence-electron chi connectivity index (χ4n) is 5.34. The summed E-state index contributed by atoms with van der Waals surface area (Å²) in [6.07, 6.45) is 1.70.